The van der Waals surface area contributed by atoms with E-state index in [-0.39, 0.29) is 17.0 Å². The topological polar surface area (TPSA) is 89.3 Å². The molecule has 0 atom stereocenters. The Bertz CT molecular complexity index is 825. The number of sulfonamides is 1. The van der Waals surface area contributed by atoms with Crippen LogP contribution in [-0.2, 0) is 16.6 Å². The molecule has 5 nitrogen and oxygen atoms in total. The summed E-state index contributed by atoms with van der Waals surface area (Å²) in [4.78, 5) is 12.0. The fourth-order valence-corrected chi connectivity index (χ4v) is 2.73. The summed E-state index contributed by atoms with van der Waals surface area (Å²) in [6.45, 7) is -0.0163. The fourth-order valence-electron chi connectivity index (χ4n) is 1.77. The van der Waals surface area contributed by atoms with E-state index in [1.165, 1.54) is 18.2 Å². The van der Waals surface area contributed by atoms with E-state index in [0.29, 0.717) is 10.0 Å². The fraction of sp³-hybridized carbons (Fsp3) is 0.0714. The van der Waals surface area contributed by atoms with E-state index in [0.717, 1.165) is 6.07 Å². The SMILES string of the molecule is NS(=O)(=O)c1ccc(Br)c(C(=O)NCc2ccccc2F)c1. The van der Waals surface area contributed by atoms with Gasteiger partial charge in [0.15, 0.2) is 0 Å². The molecule has 2 aromatic carbocycles. The predicted molar refractivity (Wildman–Crippen MR) is 83.1 cm³/mol. The summed E-state index contributed by atoms with van der Waals surface area (Å²) in [5, 5.41) is 7.57. The molecule has 0 saturated carbocycles. The van der Waals surface area contributed by atoms with Gasteiger partial charge in [-0.15, -0.1) is 0 Å². The zero-order valence-corrected chi connectivity index (χ0v) is 13.6. The number of amides is 1. The zero-order valence-electron chi connectivity index (χ0n) is 11.2. The second kappa shape index (κ2) is 6.55. The Kier molecular flexibility index (Phi) is 4.94. The third kappa shape index (κ3) is 3.90. The quantitative estimate of drug-likeness (QED) is 0.843. The Morgan fingerprint density at radius 2 is 1.91 bits per heavy atom. The zero-order chi connectivity index (χ0) is 16.3. The molecule has 0 radical (unpaired) electrons. The lowest BCUT2D eigenvalue weighted by molar-refractivity contribution is 0.0949. The first-order valence-corrected chi connectivity index (χ1v) is 8.47. The van der Waals surface area contributed by atoms with Crippen molar-refractivity contribution < 1.29 is 17.6 Å². The van der Waals surface area contributed by atoms with E-state index in [1.807, 2.05) is 0 Å². The molecule has 0 heterocycles. The maximum atomic E-state index is 13.5. The van der Waals surface area contributed by atoms with Crippen molar-refractivity contribution in [2.24, 2.45) is 5.14 Å². The van der Waals surface area contributed by atoms with Gasteiger partial charge in [0.2, 0.25) is 10.0 Å². The van der Waals surface area contributed by atoms with Crippen LogP contribution in [0, 0.1) is 5.82 Å². The largest absolute Gasteiger partial charge is 0.348 e. The lowest BCUT2D eigenvalue weighted by Gasteiger charge is -2.09. The summed E-state index contributed by atoms with van der Waals surface area (Å²) in [6, 6.07) is 9.90. The highest BCUT2D eigenvalue weighted by Gasteiger charge is 2.15. The second-order valence-corrected chi connectivity index (χ2v) is 6.88. The van der Waals surface area contributed by atoms with Crippen LogP contribution in [0.25, 0.3) is 0 Å². The molecular formula is C14H12BrFN2O3S. The number of hydrogen-bond donors (Lipinski definition) is 2. The number of rotatable bonds is 4. The van der Waals surface area contributed by atoms with Gasteiger partial charge in [0.25, 0.3) is 5.91 Å². The summed E-state index contributed by atoms with van der Waals surface area (Å²) in [5.74, 6) is -0.971. The van der Waals surface area contributed by atoms with Crippen molar-refractivity contribution in [3.05, 3.63) is 63.9 Å². The summed E-state index contributed by atoms with van der Waals surface area (Å²) < 4.78 is 36.5. The molecule has 116 valence electrons. The molecule has 0 aliphatic rings. The van der Waals surface area contributed by atoms with Crippen molar-refractivity contribution in [1.82, 2.24) is 5.32 Å². The van der Waals surface area contributed by atoms with Gasteiger partial charge in [-0.3, -0.25) is 4.79 Å². The van der Waals surface area contributed by atoms with Crippen molar-refractivity contribution in [2.75, 3.05) is 0 Å². The molecule has 0 aliphatic heterocycles. The highest BCUT2D eigenvalue weighted by molar-refractivity contribution is 9.10. The van der Waals surface area contributed by atoms with E-state index < -0.39 is 21.7 Å². The summed E-state index contributed by atoms with van der Waals surface area (Å²) in [5.41, 5.74) is 0.428. The minimum Gasteiger partial charge on any atom is -0.348 e. The average Bonchev–Trinajstić information content (AvgIpc) is 2.45. The molecule has 2 rings (SSSR count). The van der Waals surface area contributed by atoms with Gasteiger partial charge in [0.1, 0.15) is 5.82 Å². The highest BCUT2D eigenvalue weighted by Crippen LogP contribution is 2.20. The second-order valence-electron chi connectivity index (χ2n) is 4.46. The monoisotopic (exact) mass is 386 g/mol. The molecule has 3 N–H and O–H groups in total. The van der Waals surface area contributed by atoms with E-state index in [9.17, 15) is 17.6 Å². The third-order valence-corrected chi connectivity index (χ3v) is 4.51. The maximum absolute atomic E-state index is 13.5. The van der Waals surface area contributed by atoms with Crippen LogP contribution in [0.4, 0.5) is 4.39 Å². The van der Waals surface area contributed by atoms with Gasteiger partial charge >= 0.3 is 0 Å². The first-order chi connectivity index (χ1) is 10.3. The van der Waals surface area contributed by atoms with E-state index in [2.05, 4.69) is 21.2 Å². The highest BCUT2D eigenvalue weighted by atomic mass is 79.9. The van der Waals surface area contributed by atoms with Gasteiger partial charge in [-0.1, -0.05) is 18.2 Å². The summed E-state index contributed by atoms with van der Waals surface area (Å²) in [6.07, 6.45) is 0. The standard InChI is InChI=1S/C14H12BrFN2O3S/c15-12-6-5-10(22(17,20)21)7-11(12)14(19)18-8-9-3-1-2-4-13(9)16/h1-7H,8H2,(H,18,19)(H2,17,20,21). The van der Waals surface area contributed by atoms with Crippen LogP contribution >= 0.6 is 15.9 Å². The molecule has 0 unspecified atom stereocenters. The van der Waals surface area contributed by atoms with Gasteiger partial charge in [0, 0.05) is 16.6 Å². The Labute approximate surface area is 135 Å². The molecule has 0 aliphatic carbocycles. The van der Waals surface area contributed by atoms with E-state index in [1.54, 1.807) is 18.2 Å². The Morgan fingerprint density at radius 3 is 2.55 bits per heavy atom. The van der Waals surface area contributed by atoms with Crippen molar-refractivity contribution >= 4 is 31.9 Å². The van der Waals surface area contributed by atoms with Crippen LogP contribution in [0.1, 0.15) is 15.9 Å². The van der Waals surface area contributed by atoms with Gasteiger partial charge in [-0.2, -0.15) is 0 Å². The number of carbonyl (C=O) groups excluding carboxylic acids is 1. The van der Waals surface area contributed by atoms with Crippen LogP contribution in [0.3, 0.4) is 0 Å². The number of hydrogen-bond acceptors (Lipinski definition) is 3. The van der Waals surface area contributed by atoms with Crippen molar-refractivity contribution in [2.45, 2.75) is 11.4 Å². The number of nitrogens with two attached hydrogens (primary N) is 1. The molecule has 1 amide bonds. The normalized spacial score (nSPS) is 11.2. The molecular weight excluding hydrogens is 375 g/mol. The summed E-state index contributed by atoms with van der Waals surface area (Å²) >= 11 is 3.17. The molecule has 0 aromatic heterocycles. The van der Waals surface area contributed by atoms with Gasteiger partial charge < -0.3 is 5.32 Å². The molecule has 2 aromatic rings. The predicted octanol–water partition coefficient (Wildman–Crippen LogP) is 2.17. The van der Waals surface area contributed by atoms with Crippen molar-refractivity contribution in [3.8, 4) is 0 Å². The van der Waals surface area contributed by atoms with Gasteiger partial charge in [-0.25, -0.2) is 17.9 Å². The molecule has 0 spiro atoms. The number of primary sulfonamides is 1. The molecule has 0 saturated heterocycles. The Morgan fingerprint density at radius 1 is 1.23 bits per heavy atom. The first kappa shape index (κ1) is 16.6. The van der Waals surface area contributed by atoms with Crippen LogP contribution in [-0.4, -0.2) is 14.3 Å². The van der Waals surface area contributed by atoms with E-state index in [4.69, 9.17) is 5.14 Å². The first-order valence-electron chi connectivity index (χ1n) is 6.13. The third-order valence-electron chi connectivity index (χ3n) is 2.91. The molecule has 8 heteroatoms. The maximum Gasteiger partial charge on any atom is 0.252 e. The van der Waals surface area contributed by atoms with Gasteiger partial charge in [-0.05, 0) is 40.2 Å². The summed E-state index contributed by atoms with van der Waals surface area (Å²) in [7, 11) is -3.91. The van der Waals surface area contributed by atoms with Crippen LogP contribution < -0.4 is 10.5 Å². The molecule has 0 bridgehead atoms. The Hall–Kier alpha value is -1.77. The number of nitrogens with one attached hydrogen (secondary N) is 1. The molecule has 22 heavy (non-hydrogen) atoms. The minimum absolute atomic E-state index is 0.0163. The van der Waals surface area contributed by atoms with Crippen LogP contribution in [0.15, 0.2) is 51.8 Å². The van der Waals surface area contributed by atoms with Gasteiger partial charge in [0.05, 0.1) is 10.5 Å². The lowest BCUT2D eigenvalue weighted by atomic mass is 10.2. The molecule has 0 fully saturated rings. The minimum atomic E-state index is -3.91. The van der Waals surface area contributed by atoms with Crippen LogP contribution in [0.2, 0.25) is 0 Å². The van der Waals surface area contributed by atoms with Crippen LogP contribution in [0.5, 0.6) is 0 Å². The lowest BCUT2D eigenvalue weighted by Crippen LogP contribution is -2.24. The smallest absolute Gasteiger partial charge is 0.252 e. The van der Waals surface area contributed by atoms with Crippen molar-refractivity contribution in [1.29, 1.82) is 0 Å². The van der Waals surface area contributed by atoms with Crippen molar-refractivity contribution in [3.63, 3.8) is 0 Å². The number of carbonyl (C=O) groups is 1. The average molecular weight is 387 g/mol. The number of benzene rings is 2. The van der Waals surface area contributed by atoms with E-state index >= 15 is 0 Å². The number of halogens is 2. The Balaban J connectivity index is 2.21.